The van der Waals surface area contributed by atoms with Gasteiger partial charge in [-0.15, -0.1) is 0 Å². The lowest BCUT2D eigenvalue weighted by Crippen LogP contribution is -2.09. The molecule has 0 aliphatic rings. The second-order valence-electron chi connectivity index (χ2n) is 1.66. The SMILES string of the molecule is CCC(=O)C(C)[C]=O. The molecule has 0 saturated heterocycles. The van der Waals surface area contributed by atoms with Crippen molar-refractivity contribution in [3.8, 4) is 0 Å². The Morgan fingerprint density at radius 2 is 2.25 bits per heavy atom. The van der Waals surface area contributed by atoms with Crippen molar-refractivity contribution >= 4 is 12.1 Å². The summed E-state index contributed by atoms with van der Waals surface area (Å²) in [5, 5.41) is 0. The first-order valence-corrected chi connectivity index (χ1v) is 2.62. The summed E-state index contributed by atoms with van der Waals surface area (Å²) in [5.74, 6) is -0.569. The molecule has 0 amide bonds. The zero-order valence-corrected chi connectivity index (χ0v) is 5.10. The van der Waals surface area contributed by atoms with E-state index in [0.717, 1.165) is 0 Å². The Morgan fingerprint density at radius 3 is 2.38 bits per heavy atom. The van der Waals surface area contributed by atoms with Gasteiger partial charge in [-0.25, -0.2) is 0 Å². The van der Waals surface area contributed by atoms with E-state index < -0.39 is 5.92 Å². The van der Waals surface area contributed by atoms with Crippen LogP contribution < -0.4 is 0 Å². The highest BCUT2D eigenvalue weighted by Crippen LogP contribution is 1.94. The smallest absolute Gasteiger partial charge is 0.209 e. The van der Waals surface area contributed by atoms with Crippen molar-refractivity contribution in [1.29, 1.82) is 0 Å². The van der Waals surface area contributed by atoms with E-state index in [1.54, 1.807) is 20.1 Å². The van der Waals surface area contributed by atoms with Gasteiger partial charge >= 0.3 is 0 Å². The summed E-state index contributed by atoms with van der Waals surface area (Å²) in [6.07, 6.45) is 2.04. The van der Waals surface area contributed by atoms with Crippen molar-refractivity contribution in [2.75, 3.05) is 0 Å². The first-order chi connectivity index (χ1) is 3.72. The molecule has 0 rings (SSSR count). The largest absolute Gasteiger partial charge is 0.299 e. The molecule has 1 unspecified atom stereocenters. The average molecular weight is 113 g/mol. The predicted octanol–water partition coefficient (Wildman–Crippen LogP) is 0.711. The summed E-state index contributed by atoms with van der Waals surface area (Å²) in [5.41, 5.74) is 0. The average Bonchev–Trinajstić information content (AvgIpc) is 1.84. The van der Waals surface area contributed by atoms with Crippen molar-refractivity contribution in [3.05, 3.63) is 0 Å². The lowest BCUT2D eigenvalue weighted by atomic mass is 10.1. The van der Waals surface area contributed by atoms with Crippen molar-refractivity contribution in [1.82, 2.24) is 0 Å². The fraction of sp³-hybridized carbons (Fsp3) is 0.667. The summed E-state index contributed by atoms with van der Waals surface area (Å²) >= 11 is 0. The summed E-state index contributed by atoms with van der Waals surface area (Å²) in [6, 6.07) is 0. The van der Waals surface area contributed by atoms with Gasteiger partial charge in [-0.1, -0.05) is 6.92 Å². The fourth-order valence-corrected chi connectivity index (χ4v) is 0.372. The molecule has 0 aromatic heterocycles. The molecule has 0 aromatic carbocycles. The van der Waals surface area contributed by atoms with Crippen molar-refractivity contribution in [2.24, 2.45) is 5.92 Å². The van der Waals surface area contributed by atoms with Gasteiger partial charge in [-0.2, -0.15) is 0 Å². The van der Waals surface area contributed by atoms with Crippen LogP contribution in [0.5, 0.6) is 0 Å². The van der Waals surface area contributed by atoms with Crippen LogP contribution in [0, 0.1) is 5.92 Å². The van der Waals surface area contributed by atoms with Crippen LogP contribution >= 0.6 is 0 Å². The quantitative estimate of drug-likeness (QED) is 0.505. The lowest BCUT2D eigenvalue weighted by Gasteiger charge is -1.93. The molecular formula is C6H9O2. The van der Waals surface area contributed by atoms with Gasteiger partial charge in [-0.05, 0) is 6.92 Å². The van der Waals surface area contributed by atoms with Crippen molar-refractivity contribution in [3.63, 3.8) is 0 Å². The molecule has 45 valence electrons. The van der Waals surface area contributed by atoms with E-state index in [1.807, 2.05) is 0 Å². The Morgan fingerprint density at radius 1 is 1.75 bits per heavy atom. The van der Waals surface area contributed by atoms with Crippen LogP contribution in [-0.2, 0) is 9.59 Å². The molecule has 1 radical (unpaired) electrons. The normalized spacial score (nSPS) is 12.8. The number of rotatable bonds is 3. The zero-order valence-electron chi connectivity index (χ0n) is 5.10. The highest BCUT2D eigenvalue weighted by atomic mass is 16.1. The molecule has 1 atom stereocenters. The molecule has 0 spiro atoms. The van der Waals surface area contributed by atoms with Crippen LogP contribution in [0.3, 0.4) is 0 Å². The Balaban J connectivity index is 3.62. The van der Waals surface area contributed by atoms with Gasteiger partial charge in [0.1, 0.15) is 5.78 Å². The molecule has 2 heteroatoms. The van der Waals surface area contributed by atoms with E-state index in [1.165, 1.54) is 0 Å². The molecule has 0 aliphatic carbocycles. The second-order valence-corrected chi connectivity index (χ2v) is 1.66. The van der Waals surface area contributed by atoms with Crippen molar-refractivity contribution in [2.45, 2.75) is 20.3 Å². The highest BCUT2D eigenvalue weighted by molar-refractivity contribution is 5.92. The van der Waals surface area contributed by atoms with Crippen LogP contribution in [0.2, 0.25) is 0 Å². The van der Waals surface area contributed by atoms with E-state index in [-0.39, 0.29) is 5.78 Å². The minimum absolute atomic E-state index is 0.0417. The van der Waals surface area contributed by atoms with Crippen LogP contribution in [-0.4, -0.2) is 12.1 Å². The number of hydrogen-bond donors (Lipinski definition) is 0. The van der Waals surface area contributed by atoms with E-state index in [9.17, 15) is 9.59 Å². The topological polar surface area (TPSA) is 34.1 Å². The van der Waals surface area contributed by atoms with Crippen molar-refractivity contribution < 1.29 is 9.59 Å². The third-order valence-corrected chi connectivity index (χ3v) is 1.01. The molecule has 0 saturated carbocycles. The molecule has 0 fully saturated rings. The number of hydrogen-bond acceptors (Lipinski definition) is 2. The third kappa shape index (κ3) is 1.87. The van der Waals surface area contributed by atoms with Crippen LogP contribution in [0.1, 0.15) is 20.3 Å². The van der Waals surface area contributed by atoms with Crippen LogP contribution in [0.4, 0.5) is 0 Å². The van der Waals surface area contributed by atoms with Gasteiger partial charge in [0.15, 0.2) is 0 Å². The van der Waals surface area contributed by atoms with Gasteiger partial charge in [0, 0.05) is 6.42 Å². The van der Waals surface area contributed by atoms with Crippen LogP contribution in [0.25, 0.3) is 0 Å². The lowest BCUT2D eigenvalue weighted by molar-refractivity contribution is -0.120. The standard InChI is InChI=1S/C6H9O2/c1-3-6(8)5(2)4-7/h5H,3H2,1-2H3. The molecule has 2 nitrogen and oxygen atoms in total. The summed E-state index contributed by atoms with van der Waals surface area (Å²) in [6.45, 7) is 3.29. The molecule has 8 heavy (non-hydrogen) atoms. The molecule has 0 heterocycles. The second kappa shape index (κ2) is 3.36. The van der Waals surface area contributed by atoms with Gasteiger partial charge in [0.05, 0.1) is 5.92 Å². The maximum Gasteiger partial charge on any atom is 0.209 e. The zero-order chi connectivity index (χ0) is 6.57. The van der Waals surface area contributed by atoms with Gasteiger partial charge in [0.25, 0.3) is 0 Å². The minimum atomic E-state index is -0.528. The van der Waals surface area contributed by atoms with E-state index in [0.29, 0.717) is 6.42 Å². The molecule has 0 bridgehead atoms. The summed E-state index contributed by atoms with van der Waals surface area (Å²) in [7, 11) is 0. The molecule has 0 aromatic rings. The third-order valence-electron chi connectivity index (χ3n) is 1.01. The Labute approximate surface area is 48.9 Å². The number of carbonyl (C=O) groups is 1. The molecule has 0 N–H and O–H groups in total. The Bertz CT molecular complexity index is 96.7. The molecular weight excluding hydrogens is 104 g/mol. The highest BCUT2D eigenvalue weighted by Gasteiger charge is 2.08. The first kappa shape index (κ1) is 7.34. The number of carbonyl (C=O) groups excluding carboxylic acids is 2. The fourth-order valence-electron chi connectivity index (χ4n) is 0.372. The van der Waals surface area contributed by atoms with E-state index in [2.05, 4.69) is 0 Å². The van der Waals surface area contributed by atoms with Gasteiger partial charge in [-0.3, -0.25) is 9.59 Å². The van der Waals surface area contributed by atoms with E-state index >= 15 is 0 Å². The Hall–Kier alpha value is -0.660. The Kier molecular flexibility index (Phi) is 3.08. The summed E-state index contributed by atoms with van der Waals surface area (Å²) in [4.78, 5) is 20.2. The van der Waals surface area contributed by atoms with Gasteiger partial charge in [0.2, 0.25) is 6.29 Å². The van der Waals surface area contributed by atoms with Crippen LogP contribution in [0.15, 0.2) is 0 Å². The maximum absolute atomic E-state index is 10.5. The predicted molar refractivity (Wildman–Crippen MR) is 30.2 cm³/mol. The monoisotopic (exact) mass is 113 g/mol. The number of ketones is 1. The van der Waals surface area contributed by atoms with Gasteiger partial charge < -0.3 is 0 Å². The number of Topliss-reactive ketones (excluding diaryl/α,β-unsaturated/α-hetero) is 1. The minimum Gasteiger partial charge on any atom is -0.299 e. The summed E-state index contributed by atoms with van der Waals surface area (Å²) < 4.78 is 0. The molecule has 0 aliphatic heterocycles. The maximum atomic E-state index is 10.5. The first-order valence-electron chi connectivity index (χ1n) is 2.62. The van der Waals surface area contributed by atoms with E-state index in [4.69, 9.17) is 0 Å².